The lowest BCUT2D eigenvalue weighted by Crippen LogP contribution is -2.38. The van der Waals surface area contributed by atoms with Crippen LogP contribution < -0.4 is 0 Å². The first kappa shape index (κ1) is 11.8. The van der Waals surface area contributed by atoms with E-state index in [2.05, 4.69) is 4.99 Å². The molecule has 0 fully saturated rings. The number of halogens is 1. The molecule has 5 heteroatoms. The number of hydrogen-bond donors (Lipinski definition) is 0. The number of thioether (sulfide) groups is 1. The van der Waals surface area contributed by atoms with Crippen LogP contribution in [0.15, 0.2) is 34.7 Å². The fraction of sp³-hybridized carbons (Fsp3) is 0.231. The van der Waals surface area contributed by atoms with Crippen LogP contribution in [0.2, 0.25) is 5.02 Å². The molecule has 3 rings (SSSR count). The molecule has 0 aromatic heterocycles. The van der Waals surface area contributed by atoms with Crippen LogP contribution in [0.1, 0.15) is 18.9 Å². The van der Waals surface area contributed by atoms with Crippen LogP contribution >= 0.6 is 23.4 Å². The van der Waals surface area contributed by atoms with Crippen molar-refractivity contribution in [2.45, 2.75) is 18.8 Å². The van der Waals surface area contributed by atoms with E-state index in [1.165, 1.54) is 0 Å². The van der Waals surface area contributed by atoms with Crippen LogP contribution in [-0.4, -0.2) is 22.0 Å². The average Bonchev–Trinajstić information content (AvgIpc) is 2.73. The van der Waals surface area contributed by atoms with Gasteiger partial charge in [0.1, 0.15) is 0 Å². The van der Waals surface area contributed by atoms with Gasteiger partial charge in [0.2, 0.25) is 5.91 Å². The number of carbonyl (C=O) groups excluding carboxylic acids is 1. The molecule has 0 saturated heterocycles. The number of hydrogen-bond acceptors (Lipinski definition) is 3. The lowest BCUT2D eigenvalue weighted by molar-refractivity contribution is -0.127. The summed E-state index contributed by atoms with van der Waals surface area (Å²) in [5.74, 6) is 0.0867. The molecule has 1 aromatic carbocycles. The van der Waals surface area contributed by atoms with Crippen LogP contribution in [0.3, 0.4) is 0 Å². The van der Waals surface area contributed by atoms with Crippen molar-refractivity contribution in [1.82, 2.24) is 4.90 Å². The lowest BCUT2D eigenvalue weighted by Gasteiger charge is -2.29. The third kappa shape index (κ3) is 1.85. The molecule has 92 valence electrons. The highest BCUT2D eigenvalue weighted by molar-refractivity contribution is 8.03. The highest BCUT2D eigenvalue weighted by Gasteiger charge is 2.36. The van der Waals surface area contributed by atoms with Crippen LogP contribution in [0.25, 0.3) is 5.70 Å². The summed E-state index contributed by atoms with van der Waals surface area (Å²) in [7, 11) is 0. The topological polar surface area (TPSA) is 32.7 Å². The number of nitrogens with zero attached hydrogens (tertiary/aromatic N) is 2. The summed E-state index contributed by atoms with van der Waals surface area (Å²) in [4.78, 5) is 18.4. The van der Waals surface area contributed by atoms with Crippen molar-refractivity contribution in [3.05, 3.63) is 40.3 Å². The number of aliphatic imine (C=N–C) groups is 1. The Labute approximate surface area is 115 Å². The van der Waals surface area contributed by atoms with E-state index in [4.69, 9.17) is 11.6 Å². The van der Waals surface area contributed by atoms with Crippen LogP contribution in [0.5, 0.6) is 0 Å². The van der Waals surface area contributed by atoms with Crippen molar-refractivity contribution in [2.75, 3.05) is 0 Å². The maximum atomic E-state index is 12.1. The molecule has 18 heavy (non-hydrogen) atoms. The largest absolute Gasteiger partial charge is 0.279 e. The third-order valence-corrected chi connectivity index (χ3v) is 4.19. The molecule has 0 N–H and O–H groups in total. The van der Waals surface area contributed by atoms with Crippen molar-refractivity contribution < 1.29 is 4.79 Å². The van der Waals surface area contributed by atoms with E-state index in [1.54, 1.807) is 16.7 Å². The van der Waals surface area contributed by atoms with Crippen molar-refractivity contribution in [3.63, 3.8) is 0 Å². The summed E-state index contributed by atoms with van der Waals surface area (Å²) in [5, 5.41) is 2.62. The molecule has 0 spiro atoms. The van der Waals surface area contributed by atoms with Gasteiger partial charge in [-0.2, -0.15) is 0 Å². The summed E-state index contributed by atoms with van der Waals surface area (Å²) in [6.45, 7) is 1.89. The molecular weight excluding hydrogens is 268 g/mol. The first-order valence-corrected chi connectivity index (χ1v) is 6.95. The van der Waals surface area contributed by atoms with E-state index in [-0.39, 0.29) is 11.4 Å². The zero-order valence-corrected chi connectivity index (χ0v) is 11.3. The number of fused-ring (bicyclic) bond motifs is 1. The molecule has 2 aliphatic rings. The van der Waals surface area contributed by atoms with Crippen LogP contribution in [-0.2, 0) is 4.79 Å². The zero-order valence-electron chi connectivity index (χ0n) is 9.76. The van der Waals surface area contributed by atoms with E-state index >= 15 is 0 Å². The minimum absolute atomic E-state index is 0.0867. The molecule has 0 bridgehead atoms. The zero-order chi connectivity index (χ0) is 12.7. The summed E-state index contributed by atoms with van der Waals surface area (Å²) in [6.07, 6.45) is 0.388. The second kappa shape index (κ2) is 4.44. The van der Waals surface area contributed by atoms with Gasteiger partial charge in [0.15, 0.2) is 5.50 Å². The fourth-order valence-corrected chi connectivity index (χ4v) is 3.43. The molecule has 2 heterocycles. The predicted molar refractivity (Wildman–Crippen MR) is 75.4 cm³/mol. The van der Waals surface area contributed by atoms with E-state index in [9.17, 15) is 4.79 Å². The van der Waals surface area contributed by atoms with Crippen LogP contribution in [0, 0.1) is 0 Å². The van der Waals surface area contributed by atoms with Gasteiger partial charge in [0.25, 0.3) is 0 Å². The number of carbonyl (C=O) groups is 1. The van der Waals surface area contributed by atoms with Gasteiger partial charge in [-0.1, -0.05) is 41.6 Å². The average molecular weight is 279 g/mol. The Morgan fingerprint density at radius 3 is 3.00 bits per heavy atom. The summed E-state index contributed by atoms with van der Waals surface area (Å²) in [6, 6.07) is 7.56. The molecule has 3 nitrogen and oxygen atoms in total. The third-order valence-electron chi connectivity index (χ3n) is 2.94. The van der Waals surface area contributed by atoms with Crippen molar-refractivity contribution >= 4 is 40.7 Å². The van der Waals surface area contributed by atoms with E-state index < -0.39 is 0 Å². The molecular formula is C13H11ClN2OS. The Hall–Kier alpha value is -1.26. The summed E-state index contributed by atoms with van der Waals surface area (Å²) < 4.78 is 0. The van der Waals surface area contributed by atoms with Gasteiger partial charge in [-0.05, 0) is 18.4 Å². The van der Waals surface area contributed by atoms with Crippen molar-refractivity contribution in [1.29, 1.82) is 0 Å². The SMILES string of the molecule is CC1=NC2SC=C(c3ccccc3Cl)N2C(=O)C1. The van der Waals surface area contributed by atoms with Gasteiger partial charge in [-0.25, -0.2) is 0 Å². The minimum atomic E-state index is -0.155. The number of rotatable bonds is 1. The van der Waals surface area contributed by atoms with Gasteiger partial charge in [0.05, 0.1) is 12.1 Å². The van der Waals surface area contributed by atoms with Gasteiger partial charge in [-0.3, -0.25) is 14.7 Å². The van der Waals surface area contributed by atoms with Gasteiger partial charge in [-0.15, -0.1) is 0 Å². The highest BCUT2D eigenvalue weighted by atomic mass is 35.5. The van der Waals surface area contributed by atoms with Gasteiger partial charge in [0, 0.05) is 16.3 Å². The smallest absolute Gasteiger partial charge is 0.235 e. The van der Waals surface area contributed by atoms with E-state index in [0.717, 1.165) is 17.0 Å². The quantitative estimate of drug-likeness (QED) is 0.789. The molecule has 1 atom stereocenters. The first-order chi connectivity index (χ1) is 8.66. The Balaban J connectivity index is 2.02. The molecule has 0 saturated carbocycles. The lowest BCUT2D eigenvalue weighted by atomic mass is 10.1. The number of amides is 1. The normalized spacial score (nSPS) is 22.7. The van der Waals surface area contributed by atoms with Gasteiger partial charge < -0.3 is 0 Å². The highest BCUT2D eigenvalue weighted by Crippen LogP contribution is 2.41. The molecule has 0 aliphatic carbocycles. The Morgan fingerprint density at radius 2 is 2.22 bits per heavy atom. The summed E-state index contributed by atoms with van der Waals surface area (Å²) >= 11 is 7.73. The minimum Gasteiger partial charge on any atom is -0.279 e. The first-order valence-electron chi connectivity index (χ1n) is 5.62. The fourth-order valence-electron chi connectivity index (χ4n) is 2.11. The van der Waals surface area contributed by atoms with E-state index in [0.29, 0.717) is 11.4 Å². The van der Waals surface area contributed by atoms with Crippen LogP contribution in [0.4, 0.5) is 0 Å². The maximum Gasteiger partial charge on any atom is 0.235 e. The Kier molecular flexibility index (Phi) is 2.92. The second-order valence-electron chi connectivity index (χ2n) is 4.25. The monoisotopic (exact) mass is 278 g/mol. The Bertz CT molecular complexity index is 582. The molecule has 1 aromatic rings. The van der Waals surface area contributed by atoms with Gasteiger partial charge >= 0.3 is 0 Å². The molecule has 2 aliphatic heterocycles. The standard InChI is InChI=1S/C13H11ClN2OS/c1-8-6-12(17)16-11(7-18-13(16)15-8)9-4-2-3-5-10(9)14/h2-5,7,13H,6H2,1H3. The van der Waals surface area contributed by atoms with Crippen molar-refractivity contribution in [2.24, 2.45) is 4.99 Å². The summed E-state index contributed by atoms with van der Waals surface area (Å²) in [5.41, 5.74) is 2.48. The van der Waals surface area contributed by atoms with E-state index in [1.807, 2.05) is 36.6 Å². The Morgan fingerprint density at radius 1 is 1.44 bits per heavy atom. The second-order valence-corrected chi connectivity index (χ2v) is 5.59. The molecule has 1 amide bonds. The van der Waals surface area contributed by atoms with Crippen molar-refractivity contribution in [3.8, 4) is 0 Å². The molecule has 0 radical (unpaired) electrons. The number of benzene rings is 1. The molecule has 1 unspecified atom stereocenters. The maximum absolute atomic E-state index is 12.1. The predicted octanol–water partition coefficient (Wildman–Crippen LogP) is 3.36.